The van der Waals surface area contributed by atoms with Gasteiger partial charge < -0.3 is 0 Å². The highest BCUT2D eigenvalue weighted by atomic mass is 32.2. The van der Waals surface area contributed by atoms with E-state index in [1.54, 1.807) is 0 Å². The minimum absolute atomic E-state index is 0.0693. The monoisotopic (exact) mass is 322 g/mol. The van der Waals surface area contributed by atoms with E-state index in [1.165, 1.54) is 11.3 Å². The number of hydrogen-bond acceptors (Lipinski definition) is 7. The number of amides is 3. The number of nitrogens with one attached hydrogen (secondary N) is 3. The fraction of sp³-hybridized carbons (Fsp3) is 0.167. The van der Waals surface area contributed by atoms with Gasteiger partial charge in [0.15, 0.2) is 0 Å². The zero-order chi connectivity index (χ0) is 14.8. The number of hydrogen-bond donors (Lipinski definition) is 3. The van der Waals surface area contributed by atoms with Crippen LogP contribution in [0.4, 0.5) is 9.93 Å². The first-order valence-electron chi connectivity index (χ1n) is 6.04. The molecule has 1 saturated heterocycles. The minimum atomic E-state index is -0.672. The molecule has 0 radical (unpaired) electrons. The van der Waals surface area contributed by atoms with Crippen LogP contribution in [0, 0.1) is 0 Å². The summed E-state index contributed by atoms with van der Waals surface area (Å²) in [5.74, 6) is -0.809. The van der Waals surface area contributed by atoms with E-state index in [-0.39, 0.29) is 12.3 Å². The van der Waals surface area contributed by atoms with E-state index < -0.39 is 16.4 Å². The summed E-state index contributed by atoms with van der Waals surface area (Å²) >= 11 is 2.23. The number of thioether (sulfide) groups is 1. The molecule has 1 aromatic carbocycles. The number of carbonyl (C=O) groups excluding carboxylic acids is 3. The van der Waals surface area contributed by atoms with E-state index >= 15 is 0 Å². The molecule has 1 aliphatic heterocycles. The Kier molecular flexibility index (Phi) is 3.76. The first kappa shape index (κ1) is 13.8. The van der Waals surface area contributed by atoms with Crippen LogP contribution in [0.1, 0.15) is 6.42 Å². The molecule has 3 amide bonds. The molecule has 0 bridgehead atoms. The molecule has 1 aromatic heterocycles. The molecule has 2 aromatic rings. The highest BCUT2D eigenvalue weighted by molar-refractivity contribution is 8.15. The highest BCUT2D eigenvalue weighted by Crippen LogP contribution is 2.25. The molecule has 3 N–H and O–H groups in total. The number of fused-ring (bicyclic) bond motifs is 1. The lowest BCUT2D eigenvalue weighted by atomic mass is 10.3. The molecule has 1 atom stereocenters. The minimum Gasteiger partial charge on any atom is -0.286 e. The molecule has 0 saturated carbocycles. The number of nitrogens with zero attached hydrogens (tertiary/aromatic N) is 1. The van der Waals surface area contributed by atoms with Gasteiger partial charge in [-0.25, -0.2) is 4.98 Å². The molecule has 9 heteroatoms. The fourth-order valence-electron chi connectivity index (χ4n) is 1.80. The van der Waals surface area contributed by atoms with Gasteiger partial charge in [0.25, 0.3) is 5.24 Å². The number of para-hydroxylation sites is 1. The number of carbonyl (C=O) groups is 3. The quantitative estimate of drug-likeness (QED) is 0.737. The Morgan fingerprint density at radius 2 is 2.14 bits per heavy atom. The number of hydrazine groups is 1. The molecule has 0 spiro atoms. The Morgan fingerprint density at radius 3 is 2.86 bits per heavy atom. The second-order valence-corrected chi connectivity index (χ2v) is 6.45. The summed E-state index contributed by atoms with van der Waals surface area (Å²) in [5.41, 5.74) is 6.04. The van der Waals surface area contributed by atoms with Gasteiger partial charge in [0.05, 0.1) is 10.2 Å². The maximum Gasteiger partial charge on any atom is 0.286 e. The lowest BCUT2D eigenvalue weighted by molar-refractivity contribution is -0.124. The normalized spacial score (nSPS) is 17.8. The Labute approximate surface area is 127 Å². The van der Waals surface area contributed by atoms with E-state index in [9.17, 15) is 14.4 Å². The van der Waals surface area contributed by atoms with Crippen LogP contribution < -0.4 is 16.2 Å². The van der Waals surface area contributed by atoms with E-state index in [2.05, 4.69) is 21.2 Å². The summed E-state index contributed by atoms with van der Waals surface area (Å²) in [6, 6.07) is 7.61. The van der Waals surface area contributed by atoms with E-state index in [4.69, 9.17) is 0 Å². The van der Waals surface area contributed by atoms with Crippen molar-refractivity contribution in [3.05, 3.63) is 24.3 Å². The lowest BCUT2D eigenvalue weighted by Gasteiger charge is -2.07. The van der Waals surface area contributed by atoms with Crippen LogP contribution in [0.5, 0.6) is 0 Å². The van der Waals surface area contributed by atoms with Crippen molar-refractivity contribution >= 4 is 55.5 Å². The Morgan fingerprint density at radius 1 is 1.33 bits per heavy atom. The standard InChI is InChI=1S/C12H10N4O3S2/c17-9(5-8-10(18)14-12(19)21-8)15-16-11-13-6-3-1-2-4-7(6)20-11/h1-4,8H,5H2,(H,13,16)(H,15,17)(H,14,18,19). The van der Waals surface area contributed by atoms with Crippen LogP contribution in [0.3, 0.4) is 0 Å². The molecule has 7 nitrogen and oxygen atoms in total. The number of anilines is 1. The highest BCUT2D eigenvalue weighted by Gasteiger charge is 2.33. The summed E-state index contributed by atoms with van der Waals surface area (Å²) < 4.78 is 1.01. The van der Waals surface area contributed by atoms with Crippen LogP contribution in [0.2, 0.25) is 0 Å². The summed E-state index contributed by atoms with van der Waals surface area (Å²) in [7, 11) is 0. The Hall–Kier alpha value is -2.13. The fourth-order valence-corrected chi connectivity index (χ4v) is 3.43. The number of imide groups is 1. The second-order valence-electron chi connectivity index (χ2n) is 4.25. The predicted molar refractivity (Wildman–Crippen MR) is 80.9 cm³/mol. The van der Waals surface area contributed by atoms with E-state index in [0.717, 1.165) is 22.0 Å². The first-order valence-corrected chi connectivity index (χ1v) is 7.73. The van der Waals surface area contributed by atoms with Crippen LogP contribution >= 0.6 is 23.1 Å². The van der Waals surface area contributed by atoms with Crippen molar-refractivity contribution in [1.82, 2.24) is 15.7 Å². The maximum absolute atomic E-state index is 11.7. The average molecular weight is 322 g/mol. The van der Waals surface area contributed by atoms with E-state index in [0.29, 0.717) is 5.13 Å². The Balaban J connectivity index is 1.56. The summed E-state index contributed by atoms with van der Waals surface area (Å²) in [6.45, 7) is 0. The van der Waals surface area contributed by atoms with Crippen LogP contribution in [-0.4, -0.2) is 27.3 Å². The number of aromatic nitrogens is 1. The lowest BCUT2D eigenvalue weighted by Crippen LogP contribution is -2.34. The molecular formula is C12H10N4O3S2. The molecule has 108 valence electrons. The number of rotatable bonds is 4. The SMILES string of the molecule is O=C(CC1SC(=O)NC1=O)NNc1nc2ccccc2s1. The first-order chi connectivity index (χ1) is 10.1. The van der Waals surface area contributed by atoms with Crippen LogP contribution in [0.15, 0.2) is 24.3 Å². The molecule has 1 aliphatic rings. The van der Waals surface area contributed by atoms with Gasteiger partial charge in [-0.1, -0.05) is 35.2 Å². The average Bonchev–Trinajstić information content (AvgIpc) is 2.99. The van der Waals surface area contributed by atoms with Crippen molar-refractivity contribution < 1.29 is 14.4 Å². The third-order valence-electron chi connectivity index (χ3n) is 2.74. The largest absolute Gasteiger partial charge is 0.286 e. The predicted octanol–water partition coefficient (Wildman–Crippen LogP) is 1.48. The number of thiazole rings is 1. The van der Waals surface area contributed by atoms with Gasteiger partial charge in [0, 0.05) is 6.42 Å². The zero-order valence-corrected chi connectivity index (χ0v) is 12.2. The molecule has 2 heterocycles. The van der Waals surface area contributed by atoms with Gasteiger partial charge in [-0.2, -0.15) is 0 Å². The van der Waals surface area contributed by atoms with E-state index in [1.807, 2.05) is 24.3 Å². The topological polar surface area (TPSA) is 100 Å². The Bertz CT molecular complexity index is 697. The number of benzene rings is 1. The van der Waals surface area contributed by atoms with Crippen molar-refractivity contribution in [3.63, 3.8) is 0 Å². The van der Waals surface area contributed by atoms with Crippen molar-refractivity contribution in [2.24, 2.45) is 0 Å². The van der Waals surface area contributed by atoms with Gasteiger partial charge in [-0.05, 0) is 12.1 Å². The molecule has 1 fully saturated rings. The summed E-state index contributed by atoms with van der Waals surface area (Å²) in [5, 5.41) is 1.61. The second kappa shape index (κ2) is 5.70. The van der Waals surface area contributed by atoms with Gasteiger partial charge in [0.2, 0.25) is 16.9 Å². The van der Waals surface area contributed by atoms with Crippen molar-refractivity contribution in [3.8, 4) is 0 Å². The maximum atomic E-state index is 11.7. The summed E-state index contributed by atoms with van der Waals surface area (Å²) in [4.78, 5) is 38.4. The molecule has 1 unspecified atom stereocenters. The molecular weight excluding hydrogens is 312 g/mol. The third-order valence-corrected chi connectivity index (χ3v) is 4.67. The van der Waals surface area contributed by atoms with Gasteiger partial charge >= 0.3 is 0 Å². The third kappa shape index (κ3) is 3.14. The van der Waals surface area contributed by atoms with Gasteiger partial charge in [-0.3, -0.25) is 30.6 Å². The van der Waals surface area contributed by atoms with Crippen LogP contribution in [-0.2, 0) is 9.59 Å². The van der Waals surface area contributed by atoms with Crippen LogP contribution in [0.25, 0.3) is 10.2 Å². The molecule has 3 rings (SSSR count). The van der Waals surface area contributed by atoms with Gasteiger partial charge in [0.1, 0.15) is 5.25 Å². The molecule has 21 heavy (non-hydrogen) atoms. The van der Waals surface area contributed by atoms with Crippen molar-refractivity contribution in [2.75, 3.05) is 5.43 Å². The smallest absolute Gasteiger partial charge is 0.286 e. The van der Waals surface area contributed by atoms with Crippen molar-refractivity contribution in [2.45, 2.75) is 11.7 Å². The zero-order valence-electron chi connectivity index (χ0n) is 10.6. The summed E-state index contributed by atoms with van der Waals surface area (Å²) in [6.07, 6.45) is -0.0693. The molecule has 0 aliphatic carbocycles. The van der Waals surface area contributed by atoms with Crippen molar-refractivity contribution in [1.29, 1.82) is 0 Å². The van der Waals surface area contributed by atoms with Gasteiger partial charge in [-0.15, -0.1) is 0 Å².